The maximum atomic E-state index is 5.79. The van der Waals surface area contributed by atoms with Gasteiger partial charge in [-0.25, -0.2) is 0 Å². The standard InChI is InChI=1S/C26H33N5OS/c1-18-17-22(19(2)31(18)21-12-10-20(11-13-21)29(3)4)25-24(23-9-6-7-14-27-23)28-26(33)30(25)15-8-16-32-5/h6-7,9-14,17,24-25H,8,15-16H2,1-5H3,(H,28,33)/t24-,25+/m0/s1. The van der Waals surface area contributed by atoms with Crippen molar-refractivity contribution in [1.82, 2.24) is 19.8 Å². The number of aryl methyl sites for hydroxylation is 1. The first kappa shape index (κ1) is 23.3. The zero-order valence-corrected chi connectivity index (χ0v) is 20.9. The average Bonchev–Trinajstić information content (AvgIpc) is 3.29. The predicted octanol–water partition coefficient (Wildman–Crippen LogP) is 4.56. The first-order chi connectivity index (χ1) is 15.9. The van der Waals surface area contributed by atoms with E-state index in [2.05, 4.69) is 89.0 Å². The number of nitrogens with one attached hydrogen (secondary N) is 1. The Labute approximate surface area is 202 Å². The van der Waals surface area contributed by atoms with Crippen molar-refractivity contribution in [3.8, 4) is 5.69 Å². The van der Waals surface area contributed by atoms with Gasteiger partial charge in [-0.2, -0.15) is 0 Å². The van der Waals surface area contributed by atoms with Crippen molar-refractivity contribution in [2.45, 2.75) is 32.4 Å². The molecule has 1 saturated heterocycles. The molecule has 174 valence electrons. The third-order valence-electron chi connectivity index (χ3n) is 6.36. The number of hydrogen-bond acceptors (Lipinski definition) is 4. The van der Waals surface area contributed by atoms with Crippen LogP contribution in [0.5, 0.6) is 0 Å². The van der Waals surface area contributed by atoms with Gasteiger partial charge in [-0.1, -0.05) is 6.07 Å². The van der Waals surface area contributed by atoms with Crippen LogP contribution >= 0.6 is 12.2 Å². The molecule has 1 aliphatic rings. The van der Waals surface area contributed by atoms with Gasteiger partial charge in [0.05, 0.1) is 17.8 Å². The van der Waals surface area contributed by atoms with Crippen LogP contribution in [0.2, 0.25) is 0 Å². The van der Waals surface area contributed by atoms with E-state index in [-0.39, 0.29) is 12.1 Å². The largest absolute Gasteiger partial charge is 0.385 e. The summed E-state index contributed by atoms with van der Waals surface area (Å²) in [5.74, 6) is 0. The molecule has 0 unspecified atom stereocenters. The fourth-order valence-corrected chi connectivity index (χ4v) is 5.08. The summed E-state index contributed by atoms with van der Waals surface area (Å²) in [5.41, 5.74) is 7.04. The Kier molecular flexibility index (Phi) is 7.00. The summed E-state index contributed by atoms with van der Waals surface area (Å²) >= 11 is 5.79. The second-order valence-corrected chi connectivity index (χ2v) is 9.13. The molecular formula is C26H33N5OS. The molecule has 0 radical (unpaired) electrons. The maximum Gasteiger partial charge on any atom is 0.170 e. The topological polar surface area (TPSA) is 45.6 Å². The molecule has 0 aliphatic carbocycles. The molecule has 3 heterocycles. The van der Waals surface area contributed by atoms with Crippen LogP contribution in [0.25, 0.3) is 5.69 Å². The van der Waals surface area contributed by atoms with Gasteiger partial charge in [-0.05, 0) is 80.5 Å². The summed E-state index contributed by atoms with van der Waals surface area (Å²) in [6.07, 6.45) is 2.76. The van der Waals surface area contributed by atoms with Crippen molar-refractivity contribution in [1.29, 1.82) is 0 Å². The van der Waals surface area contributed by atoms with Crippen molar-refractivity contribution < 1.29 is 4.74 Å². The first-order valence-electron chi connectivity index (χ1n) is 11.4. The van der Waals surface area contributed by atoms with Gasteiger partial charge in [0.25, 0.3) is 0 Å². The highest BCUT2D eigenvalue weighted by Gasteiger charge is 2.41. The number of aromatic nitrogens is 2. The van der Waals surface area contributed by atoms with Crippen molar-refractivity contribution in [2.24, 2.45) is 0 Å². The molecule has 7 heteroatoms. The molecule has 2 aromatic heterocycles. The molecule has 2 atom stereocenters. The van der Waals surface area contributed by atoms with Gasteiger partial charge in [0.2, 0.25) is 0 Å². The second kappa shape index (κ2) is 9.93. The minimum absolute atomic E-state index is 0.00804. The molecule has 0 amide bonds. The summed E-state index contributed by atoms with van der Waals surface area (Å²) in [4.78, 5) is 9.08. The normalized spacial score (nSPS) is 18.0. The third-order valence-corrected chi connectivity index (χ3v) is 6.71. The molecule has 3 aromatic rings. The Bertz CT molecular complexity index is 1090. The number of anilines is 1. The quantitative estimate of drug-likeness (QED) is 0.390. The van der Waals surface area contributed by atoms with Gasteiger partial charge in [0.1, 0.15) is 0 Å². The predicted molar refractivity (Wildman–Crippen MR) is 138 cm³/mol. The van der Waals surface area contributed by atoms with Crippen LogP contribution in [0, 0.1) is 13.8 Å². The van der Waals surface area contributed by atoms with E-state index in [0.717, 1.165) is 29.5 Å². The van der Waals surface area contributed by atoms with Crippen LogP contribution in [-0.2, 0) is 4.74 Å². The number of ether oxygens (including phenoxy) is 1. The van der Waals surface area contributed by atoms with Crippen LogP contribution < -0.4 is 10.2 Å². The van der Waals surface area contributed by atoms with Crippen LogP contribution in [0.3, 0.4) is 0 Å². The lowest BCUT2D eigenvalue weighted by molar-refractivity contribution is 0.180. The Morgan fingerprint density at radius 3 is 2.52 bits per heavy atom. The Hall–Kier alpha value is -2.90. The molecular weight excluding hydrogens is 430 g/mol. The van der Waals surface area contributed by atoms with E-state index in [9.17, 15) is 0 Å². The van der Waals surface area contributed by atoms with Gasteiger partial charge < -0.3 is 24.4 Å². The SMILES string of the molecule is COCCCN1C(=S)N[C@@H](c2ccccn2)[C@H]1c1cc(C)n(-c2ccc(N(C)C)cc2)c1C. The molecule has 1 N–H and O–H groups in total. The number of rotatable bonds is 8. The number of hydrogen-bond donors (Lipinski definition) is 1. The first-order valence-corrected chi connectivity index (χ1v) is 11.8. The van der Waals surface area contributed by atoms with E-state index in [0.29, 0.717) is 6.61 Å². The zero-order chi connectivity index (χ0) is 23.5. The summed E-state index contributed by atoms with van der Waals surface area (Å²) in [7, 11) is 5.86. The minimum atomic E-state index is -0.00804. The molecule has 0 spiro atoms. The summed E-state index contributed by atoms with van der Waals surface area (Å²) in [6, 6.07) is 17.1. The highest BCUT2D eigenvalue weighted by molar-refractivity contribution is 7.80. The molecule has 6 nitrogen and oxygen atoms in total. The fourth-order valence-electron chi connectivity index (χ4n) is 4.75. The molecule has 1 aliphatic heterocycles. The third kappa shape index (κ3) is 4.61. The van der Waals surface area contributed by atoms with E-state index in [1.165, 1.54) is 22.6 Å². The molecule has 0 saturated carbocycles. The molecule has 1 aromatic carbocycles. The number of pyridine rings is 1. The lowest BCUT2D eigenvalue weighted by atomic mass is 9.96. The monoisotopic (exact) mass is 463 g/mol. The highest BCUT2D eigenvalue weighted by atomic mass is 32.1. The van der Waals surface area contributed by atoms with Crippen LogP contribution in [-0.4, -0.2) is 53.9 Å². The van der Waals surface area contributed by atoms with E-state index >= 15 is 0 Å². The molecule has 0 bridgehead atoms. The van der Waals surface area contributed by atoms with Gasteiger partial charge in [-0.15, -0.1) is 0 Å². The maximum absolute atomic E-state index is 5.79. The van der Waals surface area contributed by atoms with Gasteiger partial charge in [-0.3, -0.25) is 4.98 Å². The lowest BCUT2D eigenvalue weighted by Gasteiger charge is -2.28. The van der Waals surface area contributed by atoms with Gasteiger partial charge in [0, 0.05) is 63.3 Å². The van der Waals surface area contributed by atoms with E-state index in [1.54, 1.807) is 7.11 Å². The number of thiocarbonyl (C=S) groups is 1. The Balaban J connectivity index is 1.76. The Morgan fingerprint density at radius 1 is 1.12 bits per heavy atom. The van der Waals surface area contributed by atoms with Gasteiger partial charge in [0.15, 0.2) is 5.11 Å². The van der Waals surface area contributed by atoms with Gasteiger partial charge >= 0.3 is 0 Å². The number of methoxy groups -OCH3 is 1. The molecule has 1 fully saturated rings. The number of benzene rings is 1. The van der Waals surface area contributed by atoms with Crippen molar-refractivity contribution in [2.75, 3.05) is 39.3 Å². The van der Waals surface area contributed by atoms with Crippen LogP contribution in [0.1, 0.15) is 41.1 Å². The second-order valence-electron chi connectivity index (χ2n) is 8.74. The van der Waals surface area contributed by atoms with E-state index in [1.807, 2.05) is 18.3 Å². The highest BCUT2D eigenvalue weighted by Crippen LogP contribution is 2.41. The fraction of sp³-hybridized carbons (Fsp3) is 0.385. The number of nitrogens with zero attached hydrogens (tertiary/aromatic N) is 4. The van der Waals surface area contributed by atoms with Crippen molar-refractivity contribution in [3.63, 3.8) is 0 Å². The lowest BCUT2D eigenvalue weighted by Crippen LogP contribution is -2.31. The van der Waals surface area contributed by atoms with Crippen molar-refractivity contribution >= 4 is 23.0 Å². The summed E-state index contributed by atoms with van der Waals surface area (Å²) in [5, 5.41) is 4.32. The molecule has 4 rings (SSSR count). The average molecular weight is 464 g/mol. The smallest absolute Gasteiger partial charge is 0.170 e. The summed E-state index contributed by atoms with van der Waals surface area (Å²) in [6.45, 7) is 5.90. The van der Waals surface area contributed by atoms with Crippen molar-refractivity contribution in [3.05, 3.63) is 77.4 Å². The van der Waals surface area contributed by atoms with Crippen LogP contribution in [0.15, 0.2) is 54.7 Å². The van der Waals surface area contributed by atoms with E-state index < -0.39 is 0 Å². The summed E-state index contributed by atoms with van der Waals surface area (Å²) < 4.78 is 7.64. The zero-order valence-electron chi connectivity index (χ0n) is 20.1. The minimum Gasteiger partial charge on any atom is -0.385 e. The Morgan fingerprint density at radius 2 is 1.88 bits per heavy atom. The molecule has 33 heavy (non-hydrogen) atoms. The van der Waals surface area contributed by atoms with Crippen LogP contribution in [0.4, 0.5) is 5.69 Å². The van der Waals surface area contributed by atoms with E-state index in [4.69, 9.17) is 17.0 Å².